The molecule has 1 aromatic rings. The van der Waals surface area contributed by atoms with Crippen LogP contribution in [-0.4, -0.2) is 26.2 Å². The molecule has 1 amide bonds. The van der Waals surface area contributed by atoms with Gasteiger partial charge in [-0.2, -0.15) is 5.10 Å². The molecular weight excluding hydrogens is 286 g/mol. The van der Waals surface area contributed by atoms with E-state index in [1.165, 1.54) is 38.5 Å². The summed E-state index contributed by atoms with van der Waals surface area (Å²) in [6.45, 7) is 0. The van der Waals surface area contributed by atoms with Crippen LogP contribution in [0.5, 0.6) is 0 Å². The fourth-order valence-corrected chi connectivity index (χ4v) is 3.84. The van der Waals surface area contributed by atoms with Crippen LogP contribution in [0.25, 0.3) is 0 Å². The number of rotatable bonds is 4. The van der Waals surface area contributed by atoms with Crippen molar-refractivity contribution in [2.75, 3.05) is 19.0 Å². The second kappa shape index (κ2) is 7.16. The van der Waals surface area contributed by atoms with Gasteiger partial charge in [0.1, 0.15) is 0 Å². The van der Waals surface area contributed by atoms with E-state index in [0.717, 1.165) is 11.3 Å². The third kappa shape index (κ3) is 3.92. The number of carbonyl (C=O) groups excluding carboxylic acids is 1. The molecular formula is C19H27N3O. The molecule has 23 heavy (non-hydrogen) atoms. The van der Waals surface area contributed by atoms with Crippen molar-refractivity contribution in [2.45, 2.75) is 38.5 Å². The van der Waals surface area contributed by atoms with E-state index in [-0.39, 0.29) is 11.8 Å². The van der Waals surface area contributed by atoms with E-state index in [9.17, 15) is 4.79 Å². The smallest absolute Gasteiger partial charge is 0.243 e. The predicted octanol–water partition coefficient (Wildman–Crippen LogP) is 3.42. The summed E-state index contributed by atoms with van der Waals surface area (Å²) in [6.07, 6.45) is 9.40. The topological polar surface area (TPSA) is 44.7 Å². The highest BCUT2D eigenvalue weighted by Crippen LogP contribution is 2.53. The maximum absolute atomic E-state index is 12.3. The van der Waals surface area contributed by atoms with Crippen LogP contribution in [0.1, 0.15) is 44.1 Å². The summed E-state index contributed by atoms with van der Waals surface area (Å²) in [4.78, 5) is 14.4. The molecule has 0 radical (unpaired) electrons. The average Bonchev–Trinajstić information content (AvgIpc) is 3.19. The van der Waals surface area contributed by atoms with Crippen LogP contribution >= 0.6 is 0 Å². The fourth-order valence-electron chi connectivity index (χ4n) is 3.84. The molecule has 2 fully saturated rings. The van der Waals surface area contributed by atoms with Gasteiger partial charge in [-0.25, -0.2) is 5.43 Å². The van der Waals surface area contributed by atoms with Crippen molar-refractivity contribution in [2.24, 2.45) is 22.9 Å². The Kier molecular flexibility index (Phi) is 4.99. The van der Waals surface area contributed by atoms with Crippen molar-refractivity contribution in [3.63, 3.8) is 0 Å². The molecule has 3 atom stereocenters. The molecule has 1 aromatic carbocycles. The van der Waals surface area contributed by atoms with Gasteiger partial charge in [-0.05, 0) is 42.4 Å². The lowest BCUT2D eigenvalue weighted by Gasteiger charge is -2.11. The minimum absolute atomic E-state index is 0.114. The molecule has 0 bridgehead atoms. The first-order chi connectivity index (χ1) is 11.2. The number of fused-ring (bicyclic) bond motifs is 1. The van der Waals surface area contributed by atoms with Gasteiger partial charge in [0.05, 0.1) is 6.21 Å². The molecule has 4 nitrogen and oxygen atoms in total. The third-order valence-corrected chi connectivity index (χ3v) is 5.26. The highest BCUT2D eigenvalue weighted by Gasteiger charge is 2.53. The lowest BCUT2D eigenvalue weighted by atomic mass is 10.0. The Morgan fingerprint density at radius 2 is 1.70 bits per heavy atom. The molecule has 1 N–H and O–H groups in total. The summed E-state index contributed by atoms with van der Waals surface area (Å²) in [6, 6.07) is 8.11. The van der Waals surface area contributed by atoms with Gasteiger partial charge in [-0.15, -0.1) is 0 Å². The van der Waals surface area contributed by atoms with Gasteiger partial charge < -0.3 is 4.90 Å². The van der Waals surface area contributed by atoms with Crippen molar-refractivity contribution in [1.82, 2.24) is 5.43 Å². The SMILES string of the molecule is CN(C)c1ccc(C=NNC(=O)C2[C@H]3CCCCCC[C@@H]23)cc1. The van der Waals surface area contributed by atoms with Crippen LogP contribution in [-0.2, 0) is 4.79 Å². The largest absolute Gasteiger partial charge is 0.378 e. The van der Waals surface area contributed by atoms with Crippen LogP contribution in [0, 0.1) is 17.8 Å². The predicted molar refractivity (Wildman–Crippen MR) is 94.7 cm³/mol. The molecule has 4 heteroatoms. The van der Waals surface area contributed by atoms with Crippen molar-refractivity contribution in [1.29, 1.82) is 0 Å². The van der Waals surface area contributed by atoms with Crippen LogP contribution in [0.4, 0.5) is 5.69 Å². The Hall–Kier alpha value is -1.84. The van der Waals surface area contributed by atoms with E-state index < -0.39 is 0 Å². The molecule has 0 heterocycles. The van der Waals surface area contributed by atoms with Gasteiger partial charge in [-0.1, -0.05) is 37.8 Å². The molecule has 2 aliphatic rings. The van der Waals surface area contributed by atoms with Crippen LogP contribution < -0.4 is 10.3 Å². The molecule has 1 unspecified atom stereocenters. The maximum Gasteiger partial charge on any atom is 0.243 e. The lowest BCUT2D eigenvalue weighted by Crippen LogP contribution is -2.21. The summed E-state index contributed by atoms with van der Waals surface area (Å²) >= 11 is 0. The van der Waals surface area contributed by atoms with Crippen LogP contribution in [0.2, 0.25) is 0 Å². The summed E-state index contributed by atoms with van der Waals surface area (Å²) < 4.78 is 0. The highest BCUT2D eigenvalue weighted by atomic mass is 16.2. The number of anilines is 1. The van der Waals surface area contributed by atoms with Gasteiger partial charge in [0, 0.05) is 25.7 Å². The number of carbonyl (C=O) groups is 1. The van der Waals surface area contributed by atoms with E-state index in [1.54, 1.807) is 6.21 Å². The summed E-state index contributed by atoms with van der Waals surface area (Å²) in [5.41, 5.74) is 4.90. The first kappa shape index (κ1) is 16.0. The maximum atomic E-state index is 12.3. The summed E-state index contributed by atoms with van der Waals surface area (Å²) in [5, 5.41) is 4.14. The van der Waals surface area contributed by atoms with E-state index in [1.807, 2.05) is 38.4 Å². The zero-order chi connectivity index (χ0) is 16.2. The standard InChI is InChI=1S/C19H27N3O/c1-22(2)15-11-9-14(10-12-15)13-20-21-19(23)18-16-7-5-3-4-6-8-17(16)18/h9-13,16-18H,3-8H2,1-2H3,(H,21,23)/t16-,17+,18?. The van der Waals surface area contributed by atoms with Crippen molar-refractivity contribution in [3.05, 3.63) is 29.8 Å². The zero-order valence-electron chi connectivity index (χ0n) is 14.2. The van der Waals surface area contributed by atoms with Crippen LogP contribution in [0.15, 0.2) is 29.4 Å². The number of nitrogens with one attached hydrogen (secondary N) is 1. The Bertz CT molecular complexity index is 550. The Morgan fingerprint density at radius 1 is 1.09 bits per heavy atom. The van der Waals surface area contributed by atoms with E-state index in [2.05, 4.69) is 15.4 Å². The Morgan fingerprint density at radius 3 is 2.26 bits per heavy atom. The molecule has 0 aliphatic heterocycles. The number of nitrogens with zero attached hydrogens (tertiary/aromatic N) is 2. The zero-order valence-corrected chi connectivity index (χ0v) is 14.2. The van der Waals surface area contributed by atoms with E-state index >= 15 is 0 Å². The molecule has 0 saturated heterocycles. The minimum Gasteiger partial charge on any atom is -0.378 e. The molecule has 2 aliphatic carbocycles. The molecule has 124 valence electrons. The van der Waals surface area contributed by atoms with Gasteiger partial charge in [-0.3, -0.25) is 4.79 Å². The van der Waals surface area contributed by atoms with E-state index in [4.69, 9.17) is 0 Å². The molecule has 0 aromatic heterocycles. The van der Waals surface area contributed by atoms with Crippen molar-refractivity contribution >= 4 is 17.8 Å². The number of hydrogen-bond donors (Lipinski definition) is 1. The van der Waals surface area contributed by atoms with Gasteiger partial charge >= 0.3 is 0 Å². The first-order valence-corrected chi connectivity index (χ1v) is 8.77. The Labute approximate surface area is 139 Å². The summed E-state index contributed by atoms with van der Waals surface area (Å²) in [5.74, 6) is 1.55. The number of amides is 1. The number of hydrogen-bond acceptors (Lipinski definition) is 3. The van der Waals surface area contributed by atoms with Crippen LogP contribution in [0.3, 0.4) is 0 Å². The molecule has 3 rings (SSSR count). The number of benzene rings is 1. The molecule has 0 spiro atoms. The summed E-state index contributed by atoms with van der Waals surface area (Å²) in [7, 11) is 4.03. The van der Waals surface area contributed by atoms with Gasteiger partial charge in [0.25, 0.3) is 0 Å². The normalized spacial score (nSPS) is 27.0. The quantitative estimate of drug-likeness (QED) is 0.684. The Balaban J connectivity index is 1.50. The molecule has 2 saturated carbocycles. The van der Waals surface area contributed by atoms with Gasteiger partial charge in [0.15, 0.2) is 0 Å². The van der Waals surface area contributed by atoms with Crippen molar-refractivity contribution < 1.29 is 4.79 Å². The number of hydrazone groups is 1. The van der Waals surface area contributed by atoms with E-state index in [0.29, 0.717) is 11.8 Å². The second-order valence-corrected chi connectivity index (χ2v) is 7.07. The van der Waals surface area contributed by atoms with Gasteiger partial charge in [0.2, 0.25) is 5.91 Å². The monoisotopic (exact) mass is 313 g/mol. The average molecular weight is 313 g/mol. The highest BCUT2D eigenvalue weighted by molar-refractivity contribution is 5.85. The fraction of sp³-hybridized carbons (Fsp3) is 0.579. The minimum atomic E-state index is 0.114. The lowest BCUT2D eigenvalue weighted by molar-refractivity contribution is -0.122. The van der Waals surface area contributed by atoms with Crippen molar-refractivity contribution in [3.8, 4) is 0 Å². The first-order valence-electron chi connectivity index (χ1n) is 8.77. The third-order valence-electron chi connectivity index (χ3n) is 5.26. The second-order valence-electron chi connectivity index (χ2n) is 7.07.